The van der Waals surface area contributed by atoms with Gasteiger partial charge in [-0.25, -0.2) is 0 Å². The van der Waals surface area contributed by atoms with Gasteiger partial charge in [-0.15, -0.1) is 10.2 Å². The number of carbonyl (C=O) groups is 1. The van der Waals surface area contributed by atoms with Crippen molar-refractivity contribution < 1.29 is 23.7 Å². The number of halogens is 2. The fourth-order valence-corrected chi connectivity index (χ4v) is 4.21. The van der Waals surface area contributed by atoms with Gasteiger partial charge in [0.25, 0.3) is 0 Å². The summed E-state index contributed by atoms with van der Waals surface area (Å²) in [5, 5.41) is 8.83. The lowest BCUT2D eigenvalue weighted by molar-refractivity contribution is -0.147. The summed E-state index contributed by atoms with van der Waals surface area (Å²) in [6, 6.07) is 10.8. The zero-order chi connectivity index (χ0) is 22.8. The van der Waals surface area contributed by atoms with Crippen molar-refractivity contribution in [2.45, 2.75) is 25.6 Å². The largest absolute Gasteiger partial charge is 0.493 e. The number of benzene rings is 2. The second-order valence-electron chi connectivity index (χ2n) is 6.96. The molecule has 0 saturated carbocycles. The molecular weight excluding hydrogens is 457 g/mol. The lowest BCUT2D eigenvalue weighted by Crippen LogP contribution is -2.17. The fraction of sp³-hybridized carbons (Fsp3) is 0.318. The van der Waals surface area contributed by atoms with Gasteiger partial charge in [0.2, 0.25) is 5.28 Å². The Balaban J connectivity index is 1.94. The van der Waals surface area contributed by atoms with Crippen molar-refractivity contribution in [3.63, 3.8) is 0 Å². The van der Waals surface area contributed by atoms with Gasteiger partial charge in [0, 0.05) is 16.1 Å². The molecule has 0 saturated heterocycles. The lowest BCUT2D eigenvalue weighted by atomic mass is 9.98. The molecule has 0 fully saturated rings. The smallest absolute Gasteiger partial charge is 0.308 e. The van der Waals surface area contributed by atoms with Crippen LogP contribution in [0.1, 0.15) is 42.5 Å². The number of methoxy groups -OCH3 is 2. The highest BCUT2D eigenvalue weighted by atomic mass is 35.5. The minimum absolute atomic E-state index is 0.0760. The van der Waals surface area contributed by atoms with E-state index in [0.29, 0.717) is 39.2 Å². The Kier molecular flexibility index (Phi) is 6.55. The van der Waals surface area contributed by atoms with E-state index in [2.05, 4.69) is 10.2 Å². The molecule has 10 heteroatoms. The Bertz CT molecular complexity index is 1150. The van der Waals surface area contributed by atoms with E-state index >= 15 is 0 Å². The van der Waals surface area contributed by atoms with Crippen molar-refractivity contribution in [2.75, 3.05) is 20.8 Å². The summed E-state index contributed by atoms with van der Waals surface area (Å²) < 4.78 is 24.4. The van der Waals surface area contributed by atoms with E-state index in [1.54, 1.807) is 43.9 Å². The second-order valence-corrected chi connectivity index (χ2v) is 7.74. The maximum atomic E-state index is 12.4. The first-order chi connectivity index (χ1) is 15.5. The van der Waals surface area contributed by atoms with Crippen LogP contribution in [0.5, 0.6) is 11.5 Å². The van der Waals surface area contributed by atoms with Crippen molar-refractivity contribution in [3.05, 3.63) is 63.7 Å². The molecule has 2 heterocycles. The summed E-state index contributed by atoms with van der Waals surface area (Å²) in [5.41, 5.74) is 2.08. The average molecular weight is 478 g/mol. The third kappa shape index (κ3) is 4.01. The van der Waals surface area contributed by atoms with Crippen LogP contribution in [-0.2, 0) is 14.3 Å². The molecule has 3 aromatic rings. The summed E-state index contributed by atoms with van der Waals surface area (Å²) in [7, 11) is 3.11. The van der Waals surface area contributed by atoms with E-state index in [-0.39, 0.29) is 18.3 Å². The van der Waals surface area contributed by atoms with Crippen LogP contribution in [0.25, 0.3) is 5.69 Å². The predicted molar refractivity (Wildman–Crippen MR) is 118 cm³/mol. The van der Waals surface area contributed by atoms with Gasteiger partial charge in [-0.1, -0.05) is 23.7 Å². The van der Waals surface area contributed by atoms with Crippen LogP contribution in [0.3, 0.4) is 0 Å². The molecule has 0 amide bonds. The Morgan fingerprint density at radius 2 is 1.94 bits per heavy atom. The first kappa shape index (κ1) is 22.4. The minimum atomic E-state index is -0.791. The zero-order valence-corrected chi connectivity index (χ0v) is 19.2. The van der Waals surface area contributed by atoms with E-state index in [0.717, 1.165) is 0 Å². The van der Waals surface area contributed by atoms with Crippen molar-refractivity contribution in [2.24, 2.45) is 0 Å². The molecule has 8 nitrogen and oxygen atoms in total. The number of aromatic nitrogens is 3. The number of hydrogen-bond donors (Lipinski definition) is 0. The monoisotopic (exact) mass is 477 g/mol. The van der Waals surface area contributed by atoms with Crippen molar-refractivity contribution in [1.82, 2.24) is 14.8 Å². The summed E-state index contributed by atoms with van der Waals surface area (Å²) in [6.07, 6.45) is -1.54. The number of fused-ring (bicyclic) bond motifs is 3. The van der Waals surface area contributed by atoms with Crippen molar-refractivity contribution in [1.29, 1.82) is 0 Å². The summed E-state index contributed by atoms with van der Waals surface area (Å²) in [5.74, 6) is 1.00. The van der Waals surface area contributed by atoms with Gasteiger partial charge in [-0.05, 0) is 42.8 Å². The van der Waals surface area contributed by atoms with Crippen LogP contribution in [0.4, 0.5) is 0 Å². The Labute approximate surface area is 195 Å². The molecule has 0 aliphatic carbocycles. The third-order valence-corrected chi connectivity index (χ3v) is 5.60. The molecule has 0 N–H and O–H groups in total. The van der Waals surface area contributed by atoms with E-state index in [1.807, 2.05) is 18.2 Å². The highest BCUT2D eigenvalue weighted by Gasteiger charge is 2.36. The van der Waals surface area contributed by atoms with Crippen LogP contribution >= 0.6 is 23.2 Å². The van der Waals surface area contributed by atoms with Crippen LogP contribution in [0.2, 0.25) is 10.3 Å². The summed E-state index contributed by atoms with van der Waals surface area (Å²) in [4.78, 5) is 12.4. The normalized spacial score (nSPS) is 17.2. The van der Waals surface area contributed by atoms with Crippen LogP contribution in [0, 0.1) is 0 Å². The van der Waals surface area contributed by atoms with Crippen LogP contribution in [0.15, 0.2) is 36.4 Å². The standard InChI is InChI=1S/C22H21Cl2N3O5/c1-4-31-18(28)11-17-21-25-26-22(24)27(21)15-9-8-12(23)10-14(15)19(32-17)13-6-5-7-16(29-2)20(13)30-3/h5-10,17,19H,4,11H2,1-3H3/t17-,19-/m0/s1. The maximum absolute atomic E-state index is 12.4. The number of carbonyl (C=O) groups excluding carboxylic acids is 1. The summed E-state index contributed by atoms with van der Waals surface area (Å²) >= 11 is 12.8. The third-order valence-electron chi connectivity index (χ3n) is 5.12. The van der Waals surface area contributed by atoms with Crippen molar-refractivity contribution >= 4 is 29.2 Å². The highest BCUT2D eigenvalue weighted by Crippen LogP contribution is 2.46. The van der Waals surface area contributed by atoms with Crippen LogP contribution in [-0.4, -0.2) is 41.6 Å². The van der Waals surface area contributed by atoms with E-state index in [4.69, 9.17) is 42.1 Å². The van der Waals surface area contributed by atoms with Crippen molar-refractivity contribution in [3.8, 4) is 17.2 Å². The van der Waals surface area contributed by atoms with Gasteiger partial charge in [0.05, 0.1) is 32.9 Å². The molecule has 1 aliphatic heterocycles. The predicted octanol–water partition coefficient (Wildman–Crippen LogP) is 4.71. The molecule has 1 aliphatic rings. The Hall–Kier alpha value is -2.81. The SMILES string of the molecule is CCOC(=O)C[C@@H]1O[C@@H](c2cccc(OC)c2OC)c2cc(Cl)ccc2-n2c(Cl)nnc21. The second kappa shape index (κ2) is 9.36. The average Bonchev–Trinajstić information content (AvgIpc) is 3.11. The van der Waals surface area contributed by atoms with E-state index < -0.39 is 18.2 Å². The number of para-hydroxylation sites is 1. The zero-order valence-electron chi connectivity index (χ0n) is 17.7. The first-order valence-electron chi connectivity index (χ1n) is 9.91. The van der Waals surface area contributed by atoms with Crippen LogP contribution < -0.4 is 9.47 Å². The summed E-state index contributed by atoms with van der Waals surface area (Å²) in [6.45, 7) is 1.99. The molecule has 0 radical (unpaired) electrons. The molecule has 0 bridgehead atoms. The lowest BCUT2D eigenvalue weighted by Gasteiger charge is -2.24. The van der Waals surface area contributed by atoms with Gasteiger partial charge >= 0.3 is 5.97 Å². The first-order valence-corrected chi connectivity index (χ1v) is 10.7. The quantitative estimate of drug-likeness (QED) is 0.475. The van der Waals surface area contributed by atoms with Gasteiger partial charge in [0.15, 0.2) is 17.3 Å². The topological polar surface area (TPSA) is 84.7 Å². The number of ether oxygens (including phenoxy) is 4. The molecule has 4 rings (SSSR count). The highest BCUT2D eigenvalue weighted by molar-refractivity contribution is 6.30. The molecule has 2 atom stereocenters. The molecule has 0 unspecified atom stereocenters. The van der Waals surface area contributed by atoms with Gasteiger partial charge in [-0.3, -0.25) is 9.36 Å². The molecule has 1 aromatic heterocycles. The van der Waals surface area contributed by atoms with Gasteiger partial charge < -0.3 is 18.9 Å². The maximum Gasteiger partial charge on any atom is 0.308 e. The molecule has 2 aromatic carbocycles. The Morgan fingerprint density at radius 1 is 1.12 bits per heavy atom. The molecule has 168 valence electrons. The minimum Gasteiger partial charge on any atom is -0.493 e. The Morgan fingerprint density at radius 3 is 2.66 bits per heavy atom. The number of hydrogen-bond acceptors (Lipinski definition) is 7. The fourth-order valence-electron chi connectivity index (χ4n) is 3.82. The van der Waals surface area contributed by atoms with Gasteiger partial charge in [-0.2, -0.15) is 0 Å². The van der Waals surface area contributed by atoms with Gasteiger partial charge in [0.1, 0.15) is 12.2 Å². The molecule has 32 heavy (non-hydrogen) atoms. The number of esters is 1. The molecular formula is C22H21Cl2N3O5. The molecule has 0 spiro atoms. The number of rotatable bonds is 6. The number of nitrogens with zero attached hydrogens (tertiary/aromatic N) is 3. The van der Waals surface area contributed by atoms with E-state index in [9.17, 15) is 4.79 Å². The van der Waals surface area contributed by atoms with E-state index in [1.165, 1.54) is 0 Å².